The molecule has 0 aromatic carbocycles. The number of aliphatic carboxylic acids is 1. The molecule has 5 heteroatoms. The Morgan fingerprint density at radius 3 is 3.00 bits per heavy atom. The molecule has 1 aromatic rings. The van der Waals surface area contributed by atoms with E-state index >= 15 is 0 Å². The van der Waals surface area contributed by atoms with Crippen molar-refractivity contribution < 1.29 is 14.7 Å². The zero-order valence-electron chi connectivity index (χ0n) is 13.7. The van der Waals surface area contributed by atoms with E-state index in [0.717, 1.165) is 43.0 Å². The first-order valence-corrected chi connectivity index (χ1v) is 9.47. The third-order valence-corrected chi connectivity index (χ3v) is 6.34. The predicted molar refractivity (Wildman–Crippen MR) is 91.0 cm³/mol. The second-order valence-corrected chi connectivity index (χ2v) is 8.24. The molecule has 2 unspecified atom stereocenters. The largest absolute Gasteiger partial charge is 0.481 e. The highest BCUT2D eigenvalue weighted by atomic mass is 32.1. The monoisotopic (exact) mass is 335 g/mol. The number of carbonyl (C=O) groups is 2. The third-order valence-electron chi connectivity index (χ3n) is 5.11. The number of thiophene rings is 1. The minimum atomic E-state index is -0.742. The summed E-state index contributed by atoms with van der Waals surface area (Å²) in [5, 5.41) is 8.83. The van der Waals surface area contributed by atoms with Gasteiger partial charge in [0.05, 0.1) is 4.88 Å². The molecule has 2 atom stereocenters. The van der Waals surface area contributed by atoms with Crippen molar-refractivity contribution in [1.29, 1.82) is 0 Å². The van der Waals surface area contributed by atoms with E-state index in [2.05, 4.69) is 13.0 Å². The van der Waals surface area contributed by atoms with Crippen LogP contribution in [0.4, 0.5) is 0 Å². The zero-order chi connectivity index (χ0) is 16.4. The van der Waals surface area contributed by atoms with Crippen LogP contribution in [0.25, 0.3) is 0 Å². The molecule has 0 bridgehead atoms. The Morgan fingerprint density at radius 2 is 2.22 bits per heavy atom. The van der Waals surface area contributed by atoms with Gasteiger partial charge in [-0.3, -0.25) is 9.59 Å². The molecular weight excluding hydrogens is 310 g/mol. The Labute approximate surface area is 141 Å². The minimum Gasteiger partial charge on any atom is -0.481 e. The van der Waals surface area contributed by atoms with Gasteiger partial charge in [-0.05, 0) is 62.0 Å². The molecule has 1 saturated heterocycles. The van der Waals surface area contributed by atoms with E-state index in [1.807, 2.05) is 4.90 Å². The van der Waals surface area contributed by atoms with E-state index in [0.29, 0.717) is 18.9 Å². The molecule has 0 radical (unpaired) electrons. The fraction of sp³-hybridized carbons (Fsp3) is 0.667. The highest BCUT2D eigenvalue weighted by Gasteiger charge is 2.27. The maximum Gasteiger partial charge on any atom is 0.303 e. The van der Waals surface area contributed by atoms with E-state index in [-0.39, 0.29) is 12.3 Å². The van der Waals surface area contributed by atoms with Gasteiger partial charge in [-0.2, -0.15) is 0 Å². The Kier molecular flexibility index (Phi) is 5.05. The van der Waals surface area contributed by atoms with Crippen LogP contribution in [0.3, 0.4) is 0 Å². The fourth-order valence-corrected chi connectivity index (χ4v) is 4.96. The lowest BCUT2D eigenvalue weighted by molar-refractivity contribution is -0.137. The summed E-state index contributed by atoms with van der Waals surface area (Å²) < 4.78 is 0. The first kappa shape index (κ1) is 16.5. The third kappa shape index (κ3) is 3.94. The first-order chi connectivity index (χ1) is 11.0. The van der Waals surface area contributed by atoms with Crippen molar-refractivity contribution >= 4 is 23.2 Å². The first-order valence-electron chi connectivity index (χ1n) is 8.65. The van der Waals surface area contributed by atoms with Crippen LogP contribution in [0.15, 0.2) is 6.07 Å². The number of aryl methyl sites for hydroxylation is 1. The van der Waals surface area contributed by atoms with E-state index in [1.54, 1.807) is 11.3 Å². The van der Waals surface area contributed by atoms with Gasteiger partial charge in [0.15, 0.2) is 0 Å². The minimum absolute atomic E-state index is 0.150. The molecule has 1 aliphatic carbocycles. The predicted octanol–water partition coefficient (Wildman–Crippen LogP) is 3.59. The van der Waals surface area contributed by atoms with Gasteiger partial charge in [-0.1, -0.05) is 6.92 Å². The second kappa shape index (κ2) is 7.04. The maximum absolute atomic E-state index is 12.8. The van der Waals surface area contributed by atoms with Gasteiger partial charge in [0, 0.05) is 24.4 Å². The normalized spacial score (nSPS) is 24.3. The summed E-state index contributed by atoms with van der Waals surface area (Å²) in [6.45, 7) is 3.80. The van der Waals surface area contributed by atoms with Gasteiger partial charge in [-0.25, -0.2) is 0 Å². The lowest BCUT2D eigenvalue weighted by Gasteiger charge is -2.32. The number of rotatable bonds is 4. The molecule has 1 aliphatic heterocycles. The molecule has 2 aliphatic rings. The molecule has 1 N–H and O–H groups in total. The molecule has 126 valence electrons. The number of amides is 1. The molecule has 3 rings (SSSR count). The van der Waals surface area contributed by atoms with Crippen molar-refractivity contribution in [2.24, 2.45) is 11.8 Å². The number of carboxylic acids is 1. The average molecular weight is 335 g/mol. The lowest BCUT2D eigenvalue weighted by Crippen LogP contribution is -2.39. The van der Waals surface area contributed by atoms with Gasteiger partial charge in [0.2, 0.25) is 0 Å². The van der Waals surface area contributed by atoms with Crippen molar-refractivity contribution in [2.45, 2.75) is 51.9 Å². The van der Waals surface area contributed by atoms with Crippen LogP contribution in [0.2, 0.25) is 0 Å². The molecule has 0 saturated carbocycles. The van der Waals surface area contributed by atoms with Crippen LogP contribution in [0, 0.1) is 11.8 Å². The molecule has 1 fully saturated rings. The van der Waals surface area contributed by atoms with E-state index in [9.17, 15) is 9.59 Å². The number of likely N-dealkylation sites (tertiary alicyclic amines) is 1. The zero-order valence-corrected chi connectivity index (χ0v) is 14.5. The number of carbonyl (C=O) groups excluding carboxylic acids is 1. The fourth-order valence-electron chi connectivity index (χ4n) is 3.78. The summed E-state index contributed by atoms with van der Waals surface area (Å²) in [5.41, 5.74) is 1.37. The highest BCUT2D eigenvalue weighted by molar-refractivity contribution is 7.14. The van der Waals surface area contributed by atoms with Crippen molar-refractivity contribution in [2.75, 3.05) is 13.1 Å². The van der Waals surface area contributed by atoms with Crippen molar-refractivity contribution in [3.05, 3.63) is 21.4 Å². The van der Waals surface area contributed by atoms with Crippen LogP contribution in [0.5, 0.6) is 0 Å². The van der Waals surface area contributed by atoms with Crippen LogP contribution in [-0.4, -0.2) is 35.0 Å². The van der Waals surface area contributed by atoms with E-state index in [1.165, 1.54) is 16.9 Å². The summed E-state index contributed by atoms with van der Waals surface area (Å²) in [5.74, 6) is 0.458. The summed E-state index contributed by atoms with van der Waals surface area (Å²) in [6.07, 6.45) is 6.33. The van der Waals surface area contributed by atoms with Crippen LogP contribution >= 0.6 is 11.3 Å². The summed E-state index contributed by atoms with van der Waals surface area (Å²) in [6, 6.07) is 2.11. The van der Waals surface area contributed by atoms with Crippen molar-refractivity contribution in [3.63, 3.8) is 0 Å². The quantitative estimate of drug-likeness (QED) is 0.915. The molecular formula is C18H25NO3S. The van der Waals surface area contributed by atoms with Gasteiger partial charge in [0.25, 0.3) is 5.91 Å². The molecule has 4 nitrogen and oxygen atoms in total. The summed E-state index contributed by atoms with van der Waals surface area (Å²) in [4.78, 5) is 27.8. The molecule has 1 aromatic heterocycles. The number of nitrogens with zero attached hydrogens (tertiary/aromatic N) is 1. The number of hydrogen-bond donors (Lipinski definition) is 1. The van der Waals surface area contributed by atoms with Gasteiger partial charge in [0.1, 0.15) is 0 Å². The van der Waals surface area contributed by atoms with Crippen LogP contribution in [0.1, 0.15) is 59.1 Å². The SMILES string of the molecule is CC1CCc2sc(C(=O)N3CCCC(CCC(=O)O)C3)cc2C1. The topological polar surface area (TPSA) is 57.6 Å². The van der Waals surface area contributed by atoms with Gasteiger partial charge >= 0.3 is 5.97 Å². The van der Waals surface area contributed by atoms with E-state index < -0.39 is 5.97 Å². The maximum atomic E-state index is 12.8. The summed E-state index contributed by atoms with van der Waals surface area (Å²) in [7, 11) is 0. The average Bonchev–Trinajstić information content (AvgIpc) is 2.95. The lowest BCUT2D eigenvalue weighted by atomic mass is 9.90. The number of piperidine rings is 1. The Bertz CT molecular complexity index is 595. The van der Waals surface area contributed by atoms with Crippen LogP contribution in [-0.2, 0) is 17.6 Å². The Morgan fingerprint density at radius 1 is 1.39 bits per heavy atom. The van der Waals surface area contributed by atoms with Crippen LogP contribution < -0.4 is 0 Å². The highest BCUT2D eigenvalue weighted by Crippen LogP contribution is 2.33. The molecule has 23 heavy (non-hydrogen) atoms. The number of carboxylic acid groups (broad SMARTS) is 1. The number of hydrogen-bond acceptors (Lipinski definition) is 3. The van der Waals surface area contributed by atoms with Crippen molar-refractivity contribution in [1.82, 2.24) is 4.90 Å². The molecule has 1 amide bonds. The number of fused-ring (bicyclic) bond motifs is 1. The Hall–Kier alpha value is -1.36. The molecule has 0 spiro atoms. The van der Waals surface area contributed by atoms with Gasteiger partial charge in [-0.15, -0.1) is 11.3 Å². The smallest absolute Gasteiger partial charge is 0.303 e. The van der Waals surface area contributed by atoms with Gasteiger partial charge < -0.3 is 10.0 Å². The standard InChI is InChI=1S/C18H25NO3S/c1-12-4-6-15-14(9-12)10-16(23-15)18(22)19-8-2-3-13(11-19)5-7-17(20)21/h10,12-13H,2-9,11H2,1H3,(H,20,21). The molecule has 2 heterocycles. The Balaban J connectivity index is 1.64. The second-order valence-electron chi connectivity index (χ2n) is 7.10. The summed E-state index contributed by atoms with van der Waals surface area (Å²) >= 11 is 1.67. The van der Waals surface area contributed by atoms with Crippen molar-refractivity contribution in [3.8, 4) is 0 Å². The van der Waals surface area contributed by atoms with E-state index in [4.69, 9.17) is 5.11 Å².